The predicted octanol–water partition coefficient (Wildman–Crippen LogP) is 3.61. The molecule has 116 valence electrons. The highest BCUT2D eigenvalue weighted by atomic mass is 35.5. The summed E-state index contributed by atoms with van der Waals surface area (Å²) in [6, 6.07) is 1.58. The molecule has 0 amide bonds. The first-order valence-electron chi connectivity index (χ1n) is 7.25. The van der Waals surface area contributed by atoms with E-state index < -0.39 is 0 Å². The van der Waals surface area contributed by atoms with Gasteiger partial charge in [-0.05, 0) is 39.3 Å². The quantitative estimate of drug-likeness (QED) is 0.624. The maximum atomic E-state index is 12.1. The van der Waals surface area contributed by atoms with Crippen LogP contribution in [0.1, 0.15) is 37.4 Å². The Balaban J connectivity index is 2.18. The highest BCUT2D eigenvalue weighted by Gasteiger charge is 2.30. The molecular formula is C15H20Cl2N2O2. The molecule has 0 aliphatic carbocycles. The fraction of sp³-hybridized carbons (Fsp3) is 0.600. The van der Waals surface area contributed by atoms with Crippen LogP contribution in [0.4, 0.5) is 0 Å². The topological polar surface area (TPSA) is 42.4 Å². The number of pyridine rings is 1. The number of rotatable bonds is 4. The zero-order chi connectivity index (χ0) is 15.4. The van der Waals surface area contributed by atoms with Crippen molar-refractivity contribution in [2.24, 2.45) is 0 Å². The van der Waals surface area contributed by atoms with Crippen LogP contribution in [0.15, 0.2) is 6.07 Å². The van der Waals surface area contributed by atoms with Gasteiger partial charge in [0.2, 0.25) is 0 Å². The van der Waals surface area contributed by atoms with Crippen LogP contribution in [0.3, 0.4) is 0 Å². The van der Waals surface area contributed by atoms with E-state index in [9.17, 15) is 4.79 Å². The van der Waals surface area contributed by atoms with Gasteiger partial charge in [0.1, 0.15) is 11.2 Å². The van der Waals surface area contributed by atoms with Crippen molar-refractivity contribution in [3.63, 3.8) is 0 Å². The first-order valence-corrected chi connectivity index (χ1v) is 8.00. The molecule has 0 saturated carbocycles. The zero-order valence-electron chi connectivity index (χ0n) is 12.4. The van der Waals surface area contributed by atoms with Gasteiger partial charge in [0.05, 0.1) is 6.61 Å². The number of aryl methyl sites for hydroxylation is 1. The monoisotopic (exact) mass is 330 g/mol. The SMILES string of the molecule is CCOC(=O)C1CCCCN1Cc1c(Cl)cc(C)nc1Cl. The molecule has 0 bridgehead atoms. The lowest BCUT2D eigenvalue weighted by Crippen LogP contribution is -2.45. The van der Waals surface area contributed by atoms with Gasteiger partial charge in [-0.3, -0.25) is 9.69 Å². The lowest BCUT2D eigenvalue weighted by Gasteiger charge is -2.34. The Morgan fingerprint density at radius 3 is 2.90 bits per heavy atom. The average molecular weight is 331 g/mol. The fourth-order valence-electron chi connectivity index (χ4n) is 2.65. The maximum absolute atomic E-state index is 12.1. The summed E-state index contributed by atoms with van der Waals surface area (Å²) in [7, 11) is 0. The number of likely N-dealkylation sites (tertiary alicyclic amines) is 1. The summed E-state index contributed by atoms with van der Waals surface area (Å²) in [5.74, 6) is -0.162. The molecule has 0 spiro atoms. The Labute approximate surface area is 135 Å². The fourth-order valence-corrected chi connectivity index (χ4v) is 3.30. The third-order valence-electron chi connectivity index (χ3n) is 3.68. The molecule has 2 rings (SSSR count). The smallest absolute Gasteiger partial charge is 0.323 e. The van der Waals surface area contributed by atoms with Crippen LogP contribution >= 0.6 is 23.2 Å². The van der Waals surface area contributed by atoms with Crippen molar-refractivity contribution in [2.75, 3.05) is 13.2 Å². The van der Waals surface area contributed by atoms with Gasteiger partial charge in [-0.1, -0.05) is 29.6 Å². The summed E-state index contributed by atoms with van der Waals surface area (Å²) >= 11 is 12.5. The van der Waals surface area contributed by atoms with Crippen LogP contribution < -0.4 is 0 Å². The molecule has 1 saturated heterocycles. The molecule has 4 nitrogen and oxygen atoms in total. The van der Waals surface area contributed by atoms with E-state index in [0.717, 1.165) is 37.1 Å². The largest absolute Gasteiger partial charge is 0.465 e. The number of aromatic nitrogens is 1. The Hall–Kier alpha value is -0.840. The van der Waals surface area contributed by atoms with Gasteiger partial charge >= 0.3 is 5.97 Å². The van der Waals surface area contributed by atoms with E-state index in [2.05, 4.69) is 9.88 Å². The van der Waals surface area contributed by atoms with Gasteiger partial charge < -0.3 is 4.74 Å². The van der Waals surface area contributed by atoms with Crippen LogP contribution in [-0.4, -0.2) is 35.0 Å². The van der Waals surface area contributed by atoms with E-state index in [0.29, 0.717) is 23.3 Å². The number of piperidine rings is 1. The first-order chi connectivity index (χ1) is 10.0. The highest BCUT2D eigenvalue weighted by molar-refractivity contribution is 6.35. The van der Waals surface area contributed by atoms with Crippen molar-refractivity contribution in [3.8, 4) is 0 Å². The minimum Gasteiger partial charge on any atom is -0.465 e. The van der Waals surface area contributed by atoms with Gasteiger partial charge in [0.25, 0.3) is 0 Å². The molecule has 21 heavy (non-hydrogen) atoms. The number of hydrogen-bond acceptors (Lipinski definition) is 4. The highest BCUT2D eigenvalue weighted by Crippen LogP contribution is 2.28. The summed E-state index contributed by atoms with van der Waals surface area (Å²) < 4.78 is 5.17. The second kappa shape index (κ2) is 7.43. The van der Waals surface area contributed by atoms with Crippen LogP contribution in [-0.2, 0) is 16.1 Å². The summed E-state index contributed by atoms with van der Waals surface area (Å²) in [6.45, 7) is 5.43. The lowest BCUT2D eigenvalue weighted by atomic mass is 10.0. The molecular weight excluding hydrogens is 311 g/mol. The molecule has 1 unspecified atom stereocenters. The van der Waals surface area contributed by atoms with Gasteiger partial charge in [-0.25, -0.2) is 4.98 Å². The van der Waals surface area contributed by atoms with Crippen molar-refractivity contribution < 1.29 is 9.53 Å². The van der Waals surface area contributed by atoms with E-state index in [-0.39, 0.29) is 12.0 Å². The van der Waals surface area contributed by atoms with Crippen molar-refractivity contribution in [2.45, 2.75) is 45.7 Å². The molecule has 1 aromatic rings. The first kappa shape index (κ1) is 16.5. The van der Waals surface area contributed by atoms with Crippen LogP contribution in [0.25, 0.3) is 0 Å². The normalized spacial score (nSPS) is 19.5. The molecule has 1 atom stereocenters. The second-order valence-corrected chi connectivity index (χ2v) is 6.01. The number of ether oxygens (including phenoxy) is 1. The molecule has 0 N–H and O–H groups in total. The number of carbonyl (C=O) groups is 1. The van der Waals surface area contributed by atoms with Crippen LogP contribution in [0, 0.1) is 6.92 Å². The Morgan fingerprint density at radius 2 is 2.24 bits per heavy atom. The Bertz CT molecular complexity index is 499. The summed E-state index contributed by atoms with van der Waals surface area (Å²) in [5, 5.41) is 1.01. The Kier molecular flexibility index (Phi) is 5.85. The van der Waals surface area contributed by atoms with E-state index in [1.807, 2.05) is 13.8 Å². The summed E-state index contributed by atoms with van der Waals surface area (Å²) in [5.41, 5.74) is 1.56. The number of halogens is 2. The van der Waals surface area contributed by atoms with Gasteiger partial charge in [0, 0.05) is 22.8 Å². The third kappa shape index (κ3) is 4.09. The average Bonchev–Trinajstić information content (AvgIpc) is 2.43. The minimum absolute atomic E-state index is 0.162. The van der Waals surface area contributed by atoms with Crippen LogP contribution in [0.5, 0.6) is 0 Å². The molecule has 0 radical (unpaired) electrons. The van der Waals surface area contributed by atoms with Crippen molar-refractivity contribution >= 4 is 29.2 Å². The van der Waals surface area contributed by atoms with Gasteiger partial charge in [0.15, 0.2) is 0 Å². The molecule has 1 fully saturated rings. The number of hydrogen-bond donors (Lipinski definition) is 0. The molecule has 0 aromatic carbocycles. The van der Waals surface area contributed by atoms with Crippen molar-refractivity contribution in [1.29, 1.82) is 0 Å². The molecule has 1 aliphatic heterocycles. The molecule has 1 aliphatic rings. The standard InChI is InChI=1S/C15H20Cl2N2O2/c1-3-21-15(20)13-6-4-5-7-19(13)9-11-12(16)8-10(2)18-14(11)17/h8,13H,3-7,9H2,1-2H3. The number of esters is 1. The summed E-state index contributed by atoms with van der Waals surface area (Å²) in [4.78, 5) is 18.4. The predicted molar refractivity (Wildman–Crippen MR) is 83.7 cm³/mol. The molecule has 1 aromatic heterocycles. The molecule has 6 heteroatoms. The van der Waals surface area contributed by atoms with Crippen LogP contribution in [0.2, 0.25) is 10.2 Å². The van der Waals surface area contributed by atoms with E-state index in [4.69, 9.17) is 27.9 Å². The minimum atomic E-state index is -0.216. The number of nitrogens with zero attached hydrogens (tertiary/aromatic N) is 2. The lowest BCUT2D eigenvalue weighted by molar-refractivity contribution is -0.151. The Morgan fingerprint density at radius 1 is 1.48 bits per heavy atom. The van der Waals surface area contributed by atoms with E-state index >= 15 is 0 Å². The maximum Gasteiger partial charge on any atom is 0.323 e. The summed E-state index contributed by atoms with van der Waals surface area (Å²) in [6.07, 6.45) is 2.91. The van der Waals surface area contributed by atoms with Crippen molar-refractivity contribution in [1.82, 2.24) is 9.88 Å². The number of carbonyl (C=O) groups excluding carboxylic acids is 1. The van der Waals surface area contributed by atoms with Crippen molar-refractivity contribution in [3.05, 3.63) is 27.5 Å². The third-order valence-corrected chi connectivity index (χ3v) is 4.33. The second-order valence-electron chi connectivity index (χ2n) is 5.25. The van der Waals surface area contributed by atoms with Gasteiger partial charge in [-0.2, -0.15) is 0 Å². The molecule has 2 heterocycles. The van der Waals surface area contributed by atoms with E-state index in [1.54, 1.807) is 6.07 Å². The zero-order valence-corrected chi connectivity index (χ0v) is 13.9. The van der Waals surface area contributed by atoms with Gasteiger partial charge in [-0.15, -0.1) is 0 Å². The van der Waals surface area contributed by atoms with E-state index in [1.165, 1.54) is 0 Å².